The molecule has 0 amide bonds. The minimum absolute atomic E-state index is 0.115. The minimum atomic E-state index is -1.60. The Kier molecular flexibility index (Phi) is 3.28. The van der Waals surface area contributed by atoms with Gasteiger partial charge in [0.15, 0.2) is 5.78 Å². The molecule has 5 heteroatoms. The summed E-state index contributed by atoms with van der Waals surface area (Å²) >= 11 is 0. The van der Waals surface area contributed by atoms with E-state index in [1.807, 2.05) is 0 Å². The van der Waals surface area contributed by atoms with Crippen molar-refractivity contribution < 1.29 is 19.5 Å². The van der Waals surface area contributed by atoms with Gasteiger partial charge in [-0.25, -0.2) is 4.79 Å². The molecule has 0 aliphatic heterocycles. The Morgan fingerprint density at radius 3 is 2.60 bits per heavy atom. The number of carbonyl (C=O) groups is 3. The van der Waals surface area contributed by atoms with Crippen LogP contribution in [0.2, 0.25) is 0 Å². The summed E-state index contributed by atoms with van der Waals surface area (Å²) in [5.41, 5.74) is 0.945. The zero-order valence-electron chi connectivity index (χ0n) is 8.06. The highest BCUT2D eigenvalue weighted by Gasteiger charge is 2.18. The predicted octanol–water partition coefficient (Wildman–Crippen LogP) is 0.617. The van der Waals surface area contributed by atoms with Crippen LogP contribution in [0.4, 0.5) is 0 Å². The molecule has 0 radical (unpaired) electrons. The second-order valence-electron chi connectivity index (χ2n) is 3.05. The van der Waals surface area contributed by atoms with E-state index in [2.05, 4.69) is 4.98 Å². The smallest absolute Gasteiger partial charge is 0.372 e. The summed E-state index contributed by atoms with van der Waals surface area (Å²) in [5.74, 6) is -3.30. The predicted molar refractivity (Wildman–Crippen MR) is 50.6 cm³/mol. The fourth-order valence-corrected chi connectivity index (χ4v) is 1.00. The van der Waals surface area contributed by atoms with E-state index in [1.54, 1.807) is 13.0 Å². The van der Waals surface area contributed by atoms with Gasteiger partial charge in [-0.2, -0.15) is 0 Å². The summed E-state index contributed by atoms with van der Waals surface area (Å²) in [6.45, 7) is 1.78. The van der Waals surface area contributed by atoms with Crippen LogP contribution in [0.3, 0.4) is 0 Å². The van der Waals surface area contributed by atoms with Crippen LogP contribution < -0.4 is 0 Å². The number of carboxylic acid groups (broad SMARTS) is 1. The molecule has 0 atom stereocenters. The summed E-state index contributed by atoms with van der Waals surface area (Å²) in [4.78, 5) is 36.1. The minimum Gasteiger partial charge on any atom is -0.475 e. The summed E-state index contributed by atoms with van der Waals surface area (Å²) < 4.78 is 0. The van der Waals surface area contributed by atoms with Crippen LogP contribution in [0.5, 0.6) is 0 Å². The number of aliphatic carboxylic acids is 1. The first-order valence-corrected chi connectivity index (χ1v) is 4.22. The monoisotopic (exact) mass is 207 g/mol. The van der Waals surface area contributed by atoms with E-state index in [9.17, 15) is 14.4 Å². The Hall–Kier alpha value is -2.04. The third-order valence-corrected chi connectivity index (χ3v) is 1.76. The quantitative estimate of drug-likeness (QED) is 0.444. The molecule has 0 aliphatic rings. The van der Waals surface area contributed by atoms with Crippen molar-refractivity contribution in [2.24, 2.45) is 0 Å². The van der Waals surface area contributed by atoms with Crippen LogP contribution in [-0.2, 0) is 9.59 Å². The van der Waals surface area contributed by atoms with Gasteiger partial charge in [-0.15, -0.1) is 0 Å². The number of hydrogen-bond acceptors (Lipinski definition) is 4. The van der Waals surface area contributed by atoms with Crippen LogP contribution in [0.1, 0.15) is 22.5 Å². The summed E-state index contributed by atoms with van der Waals surface area (Å²) in [5, 5.41) is 8.31. The molecule has 0 unspecified atom stereocenters. The summed E-state index contributed by atoms with van der Waals surface area (Å²) in [6, 6.07) is 3.22. The zero-order valence-corrected chi connectivity index (χ0v) is 8.06. The number of Topliss-reactive ketones (excluding diaryl/α,β-unsaturated/α-hetero) is 2. The molecule has 0 bridgehead atoms. The Labute approximate surface area is 85.8 Å². The zero-order chi connectivity index (χ0) is 11.4. The third kappa shape index (κ3) is 2.98. The van der Waals surface area contributed by atoms with E-state index in [4.69, 9.17) is 5.11 Å². The average molecular weight is 207 g/mol. The van der Waals surface area contributed by atoms with Crippen molar-refractivity contribution in [3.63, 3.8) is 0 Å². The highest BCUT2D eigenvalue weighted by Crippen LogP contribution is 2.03. The largest absolute Gasteiger partial charge is 0.475 e. The number of aromatic nitrogens is 1. The van der Waals surface area contributed by atoms with Gasteiger partial charge in [-0.1, -0.05) is 0 Å². The third-order valence-electron chi connectivity index (χ3n) is 1.76. The first kappa shape index (κ1) is 11.0. The molecular formula is C10H9NO4. The van der Waals surface area contributed by atoms with Crippen molar-refractivity contribution in [3.05, 3.63) is 29.6 Å². The lowest BCUT2D eigenvalue weighted by molar-refractivity contribution is -0.148. The molecule has 1 aromatic rings. The van der Waals surface area contributed by atoms with E-state index < -0.39 is 24.0 Å². The molecule has 0 aliphatic carbocycles. The molecule has 1 aromatic heterocycles. The molecule has 15 heavy (non-hydrogen) atoms. The van der Waals surface area contributed by atoms with Crippen molar-refractivity contribution in [2.45, 2.75) is 13.3 Å². The number of ketones is 2. The van der Waals surface area contributed by atoms with Gasteiger partial charge < -0.3 is 5.11 Å². The lowest BCUT2D eigenvalue weighted by Gasteiger charge is -1.98. The lowest BCUT2D eigenvalue weighted by Crippen LogP contribution is -2.17. The van der Waals surface area contributed by atoms with Crippen LogP contribution in [-0.4, -0.2) is 27.6 Å². The van der Waals surface area contributed by atoms with Gasteiger partial charge in [0, 0.05) is 6.20 Å². The second kappa shape index (κ2) is 4.45. The SMILES string of the molecule is Cc1ccnc(C(=O)CC(=O)C(=O)O)c1. The molecule has 0 saturated carbocycles. The van der Waals surface area contributed by atoms with E-state index in [0.717, 1.165) is 5.56 Å². The Morgan fingerprint density at radius 1 is 1.40 bits per heavy atom. The molecule has 1 heterocycles. The molecule has 0 aromatic carbocycles. The van der Waals surface area contributed by atoms with Gasteiger partial charge >= 0.3 is 5.97 Å². The number of pyridine rings is 1. The van der Waals surface area contributed by atoms with Gasteiger partial charge in [-0.3, -0.25) is 14.6 Å². The van der Waals surface area contributed by atoms with Gasteiger partial charge in [0.2, 0.25) is 5.78 Å². The lowest BCUT2D eigenvalue weighted by atomic mass is 10.1. The van der Waals surface area contributed by atoms with E-state index in [-0.39, 0.29) is 5.69 Å². The van der Waals surface area contributed by atoms with Crippen molar-refractivity contribution in [1.29, 1.82) is 0 Å². The van der Waals surface area contributed by atoms with E-state index >= 15 is 0 Å². The molecular weight excluding hydrogens is 198 g/mol. The van der Waals surface area contributed by atoms with Crippen molar-refractivity contribution in [2.75, 3.05) is 0 Å². The van der Waals surface area contributed by atoms with Crippen molar-refractivity contribution in [3.8, 4) is 0 Å². The molecule has 0 saturated heterocycles. The highest BCUT2D eigenvalue weighted by atomic mass is 16.4. The summed E-state index contributed by atoms with van der Waals surface area (Å²) in [6.07, 6.45) is 0.791. The van der Waals surface area contributed by atoms with Gasteiger partial charge in [0.1, 0.15) is 5.69 Å². The van der Waals surface area contributed by atoms with Gasteiger partial charge in [0.25, 0.3) is 0 Å². The number of carbonyl (C=O) groups excluding carboxylic acids is 2. The Bertz CT molecular complexity index is 425. The van der Waals surface area contributed by atoms with Gasteiger partial charge in [0.05, 0.1) is 6.42 Å². The van der Waals surface area contributed by atoms with Crippen LogP contribution in [0.15, 0.2) is 18.3 Å². The van der Waals surface area contributed by atoms with E-state index in [0.29, 0.717) is 0 Å². The molecule has 5 nitrogen and oxygen atoms in total. The maximum atomic E-state index is 11.4. The normalized spacial score (nSPS) is 9.67. The first-order chi connectivity index (χ1) is 7.00. The highest BCUT2D eigenvalue weighted by molar-refractivity contribution is 6.37. The molecule has 0 spiro atoms. The molecule has 1 N–H and O–H groups in total. The molecule has 0 fully saturated rings. The number of aryl methyl sites for hydroxylation is 1. The Balaban J connectivity index is 2.78. The number of carboxylic acids is 1. The van der Waals surface area contributed by atoms with Gasteiger partial charge in [-0.05, 0) is 24.6 Å². The fraction of sp³-hybridized carbons (Fsp3) is 0.200. The number of hydrogen-bond donors (Lipinski definition) is 1. The number of rotatable bonds is 4. The molecule has 1 rings (SSSR count). The van der Waals surface area contributed by atoms with Crippen LogP contribution >= 0.6 is 0 Å². The number of nitrogens with zero attached hydrogens (tertiary/aromatic N) is 1. The maximum absolute atomic E-state index is 11.4. The second-order valence-corrected chi connectivity index (χ2v) is 3.05. The average Bonchev–Trinajstić information content (AvgIpc) is 2.17. The van der Waals surface area contributed by atoms with Crippen LogP contribution in [0.25, 0.3) is 0 Å². The fourth-order valence-electron chi connectivity index (χ4n) is 1.00. The van der Waals surface area contributed by atoms with Crippen molar-refractivity contribution in [1.82, 2.24) is 4.98 Å². The first-order valence-electron chi connectivity index (χ1n) is 4.22. The standard InChI is InChI=1S/C10H9NO4/c1-6-2-3-11-7(4-6)8(12)5-9(13)10(14)15/h2-4H,5H2,1H3,(H,14,15). The van der Waals surface area contributed by atoms with Crippen molar-refractivity contribution >= 4 is 17.5 Å². The van der Waals surface area contributed by atoms with E-state index in [1.165, 1.54) is 12.3 Å². The topological polar surface area (TPSA) is 84.3 Å². The van der Waals surface area contributed by atoms with Crippen LogP contribution in [0, 0.1) is 6.92 Å². The molecule has 78 valence electrons. The maximum Gasteiger partial charge on any atom is 0.372 e. The Morgan fingerprint density at radius 2 is 2.07 bits per heavy atom. The summed E-state index contributed by atoms with van der Waals surface area (Å²) in [7, 11) is 0.